The third-order valence-corrected chi connectivity index (χ3v) is 5.01. The molecule has 17 heavy (non-hydrogen) atoms. The molecule has 1 unspecified atom stereocenters. The van der Waals surface area contributed by atoms with Gasteiger partial charge in [0.2, 0.25) is 15.1 Å². The maximum Gasteiger partial charge on any atom is 0.241 e. The predicted molar refractivity (Wildman–Crippen MR) is 67.4 cm³/mol. The zero-order valence-electron chi connectivity index (χ0n) is 9.34. The van der Waals surface area contributed by atoms with E-state index in [9.17, 15) is 13.2 Å². The van der Waals surface area contributed by atoms with E-state index < -0.39 is 16.1 Å². The lowest BCUT2D eigenvalue weighted by atomic mass is 10.2. The highest BCUT2D eigenvalue weighted by atomic mass is 32.2. The Balaban J connectivity index is 2.22. The number of aryl methyl sites for hydroxylation is 1. The minimum Gasteiger partial charge on any atom is -0.285 e. The van der Waals surface area contributed by atoms with Crippen LogP contribution >= 0.6 is 11.8 Å². The largest absolute Gasteiger partial charge is 0.285 e. The first kappa shape index (κ1) is 12.6. The van der Waals surface area contributed by atoms with Crippen LogP contribution in [0.15, 0.2) is 29.2 Å². The summed E-state index contributed by atoms with van der Waals surface area (Å²) in [7, 11) is -3.58. The lowest BCUT2D eigenvalue weighted by Gasteiger charge is -2.11. The van der Waals surface area contributed by atoms with Gasteiger partial charge in [-0.3, -0.25) is 4.79 Å². The number of hydrogen-bond donors (Lipinski definition) is 1. The molecular weight excluding hydrogens is 258 g/mol. The third kappa shape index (κ3) is 2.88. The number of nitrogens with one attached hydrogen (secondary N) is 1. The molecule has 0 aromatic heterocycles. The Kier molecular flexibility index (Phi) is 3.56. The molecule has 1 heterocycles. The molecule has 1 atom stereocenters. The number of carbonyl (C=O) groups excluding carboxylic acids is 1. The molecule has 1 aromatic carbocycles. The van der Waals surface area contributed by atoms with Gasteiger partial charge in [0.1, 0.15) is 0 Å². The van der Waals surface area contributed by atoms with Crippen LogP contribution in [0.5, 0.6) is 0 Å². The highest BCUT2D eigenvalue weighted by Gasteiger charge is 2.30. The monoisotopic (exact) mass is 271 g/mol. The molecule has 0 aliphatic carbocycles. The molecule has 0 saturated carbocycles. The molecule has 1 saturated heterocycles. The van der Waals surface area contributed by atoms with Crippen LogP contribution in [0.2, 0.25) is 0 Å². The minimum absolute atomic E-state index is 0.0961. The van der Waals surface area contributed by atoms with E-state index in [1.165, 1.54) is 17.8 Å². The van der Waals surface area contributed by atoms with E-state index in [4.69, 9.17) is 0 Å². The van der Waals surface area contributed by atoms with E-state index in [1.54, 1.807) is 12.1 Å². The molecule has 0 amide bonds. The van der Waals surface area contributed by atoms with Crippen molar-refractivity contribution in [1.82, 2.24) is 4.72 Å². The Morgan fingerprint density at radius 2 is 2.18 bits per heavy atom. The molecule has 1 N–H and O–H groups in total. The second-order valence-electron chi connectivity index (χ2n) is 3.95. The van der Waals surface area contributed by atoms with Gasteiger partial charge in [0.25, 0.3) is 0 Å². The molecule has 1 aliphatic heterocycles. The van der Waals surface area contributed by atoms with Crippen molar-refractivity contribution >= 4 is 26.9 Å². The van der Waals surface area contributed by atoms with Gasteiger partial charge in [-0.2, -0.15) is 4.72 Å². The third-order valence-electron chi connectivity index (χ3n) is 2.53. The number of benzene rings is 1. The average molecular weight is 271 g/mol. The van der Waals surface area contributed by atoms with Crippen molar-refractivity contribution in [3.05, 3.63) is 29.8 Å². The predicted octanol–water partition coefficient (Wildman–Crippen LogP) is 1.31. The van der Waals surface area contributed by atoms with E-state index in [2.05, 4.69) is 4.72 Å². The number of rotatable bonds is 3. The van der Waals surface area contributed by atoms with Crippen LogP contribution in [0.4, 0.5) is 0 Å². The molecule has 0 spiro atoms. The Labute approximate surface area is 105 Å². The maximum atomic E-state index is 12.0. The van der Waals surface area contributed by atoms with Crippen LogP contribution in [0.1, 0.15) is 12.0 Å². The van der Waals surface area contributed by atoms with Crippen molar-refractivity contribution in [3.8, 4) is 0 Å². The summed E-state index contributed by atoms with van der Waals surface area (Å²) in [5.41, 5.74) is 0.875. The van der Waals surface area contributed by atoms with E-state index in [0.717, 1.165) is 5.56 Å². The summed E-state index contributed by atoms with van der Waals surface area (Å²) >= 11 is 1.18. The molecule has 1 fully saturated rings. The summed E-state index contributed by atoms with van der Waals surface area (Å²) in [6.07, 6.45) is 0.564. The van der Waals surface area contributed by atoms with Gasteiger partial charge in [0.05, 0.1) is 10.9 Å². The van der Waals surface area contributed by atoms with Gasteiger partial charge in [0.15, 0.2) is 0 Å². The smallest absolute Gasteiger partial charge is 0.241 e. The van der Waals surface area contributed by atoms with Crippen LogP contribution in [0, 0.1) is 6.92 Å². The Morgan fingerprint density at radius 3 is 2.76 bits per heavy atom. The summed E-state index contributed by atoms with van der Waals surface area (Å²) < 4.78 is 26.5. The van der Waals surface area contributed by atoms with E-state index in [0.29, 0.717) is 12.2 Å². The molecule has 0 bridgehead atoms. The van der Waals surface area contributed by atoms with Gasteiger partial charge in [-0.1, -0.05) is 23.9 Å². The zero-order valence-corrected chi connectivity index (χ0v) is 11.0. The quantitative estimate of drug-likeness (QED) is 0.900. The average Bonchev–Trinajstić information content (AvgIpc) is 2.64. The van der Waals surface area contributed by atoms with Crippen molar-refractivity contribution in [2.45, 2.75) is 24.3 Å². The molecule has 1 aliphatic rings. The van der Waals surface area contributed by atoms with Gasteiger partial charge in [-0.05, 0) is 31.0 Å². The molecule has 0 radical (unpaired) electrons. The summed E-state index contributed by atoms with van der Waals surface area (Å²) in [5, 5.41) is -0.0961. The molecular formula is C11H13NO3S2. The van der Waals surface area contributed by atoms with Gasteiger partial charge < -0.3 is 0 Å². The first-order chi connectivity index (χ1) is 7.99. The van der Waals surface area contributed by atoms with Crippen molar-refractivity contribution < 1.29 is 13.2 Å². The van der Waals surface area contributed by atoms with Crippen LogP contribution in [-0.2, 0) is 14.8 Å². The number of thioether (sulfide) groups is 1. The lowest BCUT2D eigenvalue weighted by molar-refractivity contribution is -0.111. The van der Waals surface area contributed by atoms with Crippen molar-refractivity contribution in [3.63, 3.8) is 0 Å². The van der Waals surface area contributed by atoms with Crippen LogP contribution in [0.25, 0.3) is 0 Å². The number of sulfonamides is 1. The standard InChI is InChI=1S/C11H13NO3S2/c1-8-3-2-4-9(7-8)17(14,15)12-10-5-6-16-11(10)13/h2-4,7,10,12H,5-6H2,1H3. The molecule has 1 aromatic rings. The first-order valence-electron chi connectivity index (χ1n) is 5.25. The van der Waals surface area contributed by atoms with Gasteiger partial charge >= 0.3 is 0 Å². The topological polar surface area (TPSA) is 63.2 Å². The Morgan fingerprint density at radius 1 is 1.41 bits per heavy atom. The Bertz CT molecular complexity index is 539. The summed E-state index contributed by atoms with van der Waals surface area (Å²) in [6, 6.07) is 6.06. The fourth-order valence-electron chi connectivity index (χ4n) is 1.64. The van der Waals surface area contributed by atoms with Gasteiger partial charge in [0, 0.05) is 5.75 Å². The molecule has 6 heteroatoms. The molecule has 4 nitrogen and oxygen atoms in total. The summed E-state index contributed by atoms with van der Waals surface area (Å²) in [6.45, 7) is 1.83. The summed E-state index contributed by atoms with van der Waals surface area (Å²) in [4.78, 5) is 11.6. The van der Waals surface area contributed by atoms with Gasteiger partial charge in [-0.25, -0.2) is 8.42 Å². The zero-order chi connectivity index (χ0) is 12.5. The highest BCUT2D eigenvalue weighted by Crippen LogP contribution is 2.21. The van der Waals surface area contributed by atoms with Crippen LogP contribution in [-0.4, -0.2) is 25.3 Å². The fraction of sp³-hybridized carbons (Fsp3) is 0.364. The SMILES string of the molecule is Cc1cccc(S(=O)(=O)NC2CCSC2=O)c1. The van der Waals surface area contributed by atoms with E-state index in [-0.39, 0.29) is 10.0 Å². The van der Waals surface area contributed by atoms with Crippen molar-refractivity contribution in [2.75, 3.05) is 5.75 Å². The van der Waals surface area contributed by atoms with Gasteiger partial charge in [-0.15, -0.1) is 0 Å². The van der Waals surface area contributed by atoms with E-state index >= 15 is 0 Å². The number of hydrogen-bond acceptors (Lipinski definition) is 4. The minimum atomic E-state index is -3.58. The first-order valence-corrected chi connectivity index (χ1v) is 7.71. The maximum absolute atomic E-state index is 12.0. The van der Waals surface area contributed by atoms with Crippen LogP contribution < -0.4 is 4.72 Å². The summed E-state index contributed by atoms with van der Waals surface area (Å²) in [5.74, 6) is 0.680. The highest BCUT2D eigenvalue weighted by molar-refractivity contribution is 8.14. The van der Waals surface area contributed by atoms with Crippen molar-refractivity contribution in [1.29, 1.82) is 0 Å². The van der Waals surface area contributed by atoms with Crippen LogP contribution in [0.3, 0.4) is 0 Å². The normalized spacial score (nSPS) is 20.8. The Hall–Kier alpha value is -0.850. The van der Waals surface area contributed by atoms with Crippen molar-refractivity contribution in [2.24, 2.45) is 0 Å². The number of carbonyl (C=O) groups is 1. The lowest BCUT2D eigenvalue weighted by Crippen LogP contribution is -2.37. The second-order valence-corrected chi connectivity index (χ2v) is 6.76. The second kappa shape index (κ2) is 4.80. The fourth-order valence-corrected chi connectivity index (χ4v) is 3.98. The van der Waals surface area contributed by atoms with E-state index in [1.807, 2.05) is 13.0 Å². The molecule has 92 valence electrons. The molecule has 2 rings (SSSR count).